The number of hydrogen-bond acceptors (Lipinski definition) is 6. The van der Waals surface area contributed by atoms with Crippen molar-refractivity contribution in [3.63, 3.8) is 0 Å². The predicted octanol–water partition coefficient (Wildman–Crippen LogP) is 3.19. The van der Waals surface area contributed by atoms with Gasteiger partial charge in [0.1, 0.15) is 0 Å². The van der Waals surface area contributed by atoms with Crippen LogP contribution in [0.15, 0.2) is 84.9 Å². The Kier molecular flexibility index (Phi) is 11.0. The van der Waals surface area contributed by atoms with E-state index in [1.165, 1.54) is 0 Å². The summed E-state index contributed by atoms with van der Waals surface area (Å²) in [5, 5.41) is 7.94. The fraction of sp³-hybridized carbons (Fsp3) is 0.389. The Morgan fingerprint density at radius 2 is 1.30 bits per heavy atom. The summed E-state index contributed by atoms with van der Waals surface area (Å²) in [6, 6.07) is 27.4. The van der Waals surface area contributed by atoms with Gasteiger partial charge in [-0.1, -0.05) is 91.3 Å². The molecule has 0 unspecified atom stereocenters. The van der Waals surface area contributed by atoms with Crippen LogP contribution in [0.4, 0.5) is 0 Å². The number of carbonyl (C=O) groups is 2. The molecule has 0 spiro atoms. The second kappa shape index (κ2) is 15.3. The second-order valence-electron chi connectivity index (χ2n) is 12.0. The molecule has 2 amide bonds. The van der Waals surface area contributed by atoms with Crippen LogP contribution in [0, 0.1) is 0 Å². The zero-order chi connectivity index (χ0) is 30.9. The predicted molar refractivity (Wildman–Crippen MR) is 179 cm³/mol. The van der Waals surface area contributed by atoms with Crippen LogP contribution in [-0.4, -0.2) is 79.0 Å². The van der Waals surface area contributed by atoms with Gasteiger partial charge in [-0.15, -0.1) is 0 Å². The molecule has 0 aromatic heterocycles. The molecular formula is C36H46N6O2. The van der Waals surface area contributed by atoms with Crippen molar-refractivity contribution in [2.75, 3.05) is 39.3 Å². The van der Waals surface area contributed by atoms with Crippen molar-refractivity contribution in [1.29, 1.82) is 0 Å². The van der Waals surface area contributed by atoms with Gasteiger partial charge in [-0.3, -0.25) is 9.59 Å². The molecule has 1 fully saturated rings. The summed E-state index contributed by atoms with van der Waals surface area (Å²) in [7, 11) is 0. The van der Waals surface area contributed by atoms with Crippen molar-refractivity contribution < 1.29 is 9.59 Å². The average Bonchev–Trinajstić information content (AvgIpc) is 3.05. The van der Waals surface area contributed by atoms with E-state index >= 15 is 0 Å². The third kappa shape index (κ3) is 8.01. The van der Waals surface area contributed by atoms with Gasteiger partial charge in [-0.2, -0.15) is 0 Å². The number of piperazine rings is 1. The Morgan fingerprint density at radius 1 is 0.727 bits per heavy atom. The molecule has 0 bridgehead atoms. The first-order valence-electron chi connectivity index (χ1n) is 15.9. The van der Waals surface area contributed by atoms with Crippen LogP contribution in [0.1, 0.15) is 30.4 Å². The summed E-state index contributed by atoms with van der Waals surface area (Å²) in [6.07, 6.45) is 3.63. The molecule has 3 atom stereocenters. The molecular weight excluding hydrogens is 548 g/mol. The van der Waals surface area contributed by atoms with Crippen molar-refractivity contribution in [3.8, 4) is 0 Å². The Hall–Kier alpha value is -3.82. The molecule has 0 aliphatic carbocycles. The molecule has 4 aromatic rings. The molecule has 44 heavy (non-hydrogen) atoms. The molecule has 1 aliphatic rings. The average molecular weight is 595 g/mol. The van der Waals surface area contributed by atoms with E-state index in [1.807, 2.05) is 40.1 Å². The highest BCUT2D eigenvalue weighted by Gasteiger charge is 2.35. The number of amides is 2. The van der Waals surface area contributed by atoms with E-state index in [9.17, 15) is 9.59 Å². The maximum atomic E-state index is 13.8. The molecule has 1 saturated heterocycles. The first kappa shape index (κ1) is 31.6. The van der Waals surface area contributed by atoms with Gasteiger partial charge in [0.15, 0.2) is 0 Å². The molecule has 232 valence electrons. The summed E-state index contributed by atoms with van der Waals surface area (Å²) in [6.45, 7) is 3.64. The van der Waals surface area contributed by atoms with Gasteiger partial charge in [-0.05, 0) is 64.9 Å². The van der Waals surface area contributed by atoms with E-state index in [-0.39, 0.29) is 17.9 Å². The van der Waals surface area contributed by atoms with Crippen LogP contribution < -0.4 is 22.5 Å². The van der Waals surface area contributed by atoms with Gasteiger partial charge < -0.3 is 32.3 Å². The van der Waals surface area contributed by atoms with E-state index in [0.717, 1.165) is 65.0 Å². The van der Waals surface area contributed by atoms with E-state index in [2.05, 4.69) is 59.9 Å². The van der Waals surface area contributed by atoms with Crippen molar-refractivity contribution in [1.82, 2.24) is 15.1 Å². The number of hydrogen-bond donors (Lipinski definition) is 4. The summed E-state index contributed by atoms with van der Waals surface area (Å²) < 4.78 is 0. The zero-order valence-electron chi connectivity index (χ0n) is 25.5. The molecule has 1 aliphatic heterocycles. The fourth-order valence-electron chi connectivity index (χ4n) is 6.31. The highest BCUT2D eigenvalue weighted by molar-refractivity contribution is 5.86. The Bertz CT molecular complexity index is 1560. The monoisotopic (exact) mass is 594 g/mol. The molecule has 8 nitrogen and oxygen atoms in total. The van der Waals surface area contributed by atoms with Crippen molar-refractivity contribution >= 4 is 33.4 Å². The van der Waals surface area contributed by atoms with E-state index in [0.29, 0.717) is 39.0 Å². The highest BCUT2D eigenvalue weighted by atomic mass is 16.2. The number of carbonyl (C=O) groups excluding carboxylic acids is 2. The van der Waals surface area contributed by atoms with Crippen LogP contribution >= 0.6 is 0 Å². The highest BCUT2D eigenvalue weighted by Crippen LogP contribution is 2.21. The number of nitrogens with one attached hydrogen (secondary N) is 1. The van der Waals surface area contributed by atoms with Crippen LogP contribution in [0.2, 0.25) is 0 Å². The van der Waals surface area contributed by atoms with Crippen molar-refractivity contribution in [2.45, 2.75) is 50.2 Å². The third-order valence-electron chi connectivity index (χ3n) is 8.71. The van der Waals surface area contributed by atoms with E-state index in [4.69, 9.17) is 17.2 Å². The van der Waals surface area contributed by atoms with Gasteiger partial charge in [0, 0.05) is 38.8 Å². The van der Waals surface area contributed by atoms with Crippen LogP contribution in [0.25, 0.3) is 21.5 Å². The first-order valence-corrected chi connectivity index (χ1v) is 15.9. The van der Waals surface area contributed by atoms with Crippen molar-refractivity contribution in [3.05, 3.63) is 96.1 Å². The zero-order valence-corrected chi connectivity index (χ0v) is 25.5. The number of nitrogens with two attached hydrogens (primary N) is 3. The minimum Gasteiger partial charge on any atom is -0.338 e. The number of fused-ring (bicyclic) bond motifs is 2. The maximum absolute atomic E-state index is 13.8. The van der Waals surface area contributed by atoms with Crippen molar-refractivity contribution in [2.24, 2.45) is 17.2 Å². The van der Waals surface area contributed by atoms with E-state index in [1.54, 1.807) is 0 Å². The molecule has 1 heterocycles. The van der Waals surface area contributed by atoms with Gasteiger partial charge >= 0.3 is 0 Å². The molecule has 0 radical (unpaired) electrons. The van der Waals surface area contributed by atoms with Gasteiger partial charge in [0.25, 0.3) is 0 Å². The lowest BCUT2D eigenvalue weighted by molar-refractivity contribution is -0.144. The topological polar surface area (TPSA) is 131 Å². The molecule has 5 rings (SSSR count). The van der Waals surface area contributed by atoms with Crippen LogP contribution in [0.3, 0.4) is 0 Å². The third-order valence-corrected chi connectivity index (χ3v) is 8.71. The van der Waals surface area contributed by atoms with E-state index < -0.39 is 12.1 Å². The van der Waals surface area contributed by atoms with Crippen LogP contribution in [0.5, 0.6) is 0 Å². The normalized spacial score (nSPS) is 16.8. The lowest BCUT2D eigenvalue weighted by atomic mass is 9.98. The Balaban J connectivity index is 1.23. The SMILES string of the molecule is NCCNCCCC[C@H]1CN(C(=O)[C@H](N)Cc2ccc3ccccc3c2)CCN1C(=O)[C@@H](N)Cc1ccc2ccccc2c1. The lowest BCUT2D eigenvalue weighted by Gasteiger charge is -2.43. The quantitative estimate of drug-likeness (QED) is 0.176. The second-order valence-corrected chi connectivity index (χ2v) is 12.0. The summed E-state index contributed by atoms with van der Waals surface area (Å²) in [5.74, 6) is -0.127. The fourth-order valence-corrected chi connectivity index (χ4v) is 6.31. The Morgan fingerprint density at radius 3 is 1.89 bits per heavy atom. The summed E-state index contributed by atoms with van der Waals surface area (Å²) >= 11 is 0. The number of unbranched alkanes of at least 4 members (excludes halogenated alkanes) is 1. The van der Waals surface area contributed by atoms with Gasteiger partial charge in [0.05, 0.1) is 12.1 Å². The standard InChI is InChI=1S/C36H46N6O2/c37-16-18-40-17-6-5-11-32-25-41(35(43)33(38)23-26-12-14-28-7-1-3-9-30(28)21-26)19-20-42(32)36(44)34(39)24-27-13-15-29-8-2-4-10-31(29)22-27/h1-4,7-10,12-15,21-22,32-34,40H,5-6,11,16-20,23-25,37-39H2/t32-,33+,34-/m0/s1. The number of rotatable bonds is 13. The van der Waals surface area contributed by atoms with Gasteiger partial charge in [-0.25, -0.2) is 0 Å². The lowest BCUT2D eigenvalue weighted by Crippen LogP contribution is -2.61. The molecule has 7 N–H and O–H groups in total. The maximum Gasteiger partial charge on any atom is 0.240 e. The first-order chi connectivity index (χ1) is 21.4. The molecule has 8 heteroatoms. The summed E-state index contributed by atoms with van der Waals surface area (Å²) in [5.41, 5.74) is 20.7. The minimum absolute atomic E-state index is 0.0584. The largest absolute Gasteiger partial charge is 0.338 e. The number of benzene rings is 4. The van der Waals surface area contributed by atoms with Gasteiger partial charge in [0.2, 0.25) is 11.8 Å². The summed E-state index contributed by atoms with van der Waals surface area (Å²) in [4.78, 5) is 31.1. The van der Waals surface area contributed by atoms with Crippen LogP contribution in [-0.2, 0) is 22.4 Å². The number of nitrogens with zero attached hydrogens (tertiary/aromatic N) is 2. The Labute approximate surface area is 260 Å². The minimum atomic E-state index is -0.651. The molecule has 0 saturated carbocycles. The molecule has 4 aromatic carbocycles. The smallest absolute Gasteiger partial charge is 0.240 e.